The first-order valence-electron chi connectivity index (χ1n) is 7.60. The van der Waals surface area contributed by atoms with Crippen LogP contribution in [0.3, 0.4) is 0 Å². The van der Waals surface area contributed by atoms with Crippen LogP contribution in [-0.2, 0) is 19.1 Å². The van der Waals surface area contributed by atoms with E-state index in [-0.39, 0.29) is 18.1 Å². The number of ether oxygens (including phenoxy) is 2. The molecule has 0 spiro atoms. The summed E-state index contributed by atoms with van der Waals surface area (Å²) in [6, 6.07) is 0. The Bertz CT molecular complexity index is 296. The molecular formula is C16H30O4. The van der Waals surface area contributed by atoms with Gasteiger partial charge in [-0.05, 0) is 40.0 Å². The van der Waals surface area contributed by atoms with Crippen LogP contribution in [0.2, 0.25) is 0 Å². The van der Waals surface area contributed by atoms with Crippen molar-refractivity contribution in [2.75, 3.05) is 0 Å². The highest BCUT2D eigenvalue weighted by molar-refractivity contribution is 6.00. The number of rotatable bonds is 8. The quantitative estimate of drug-likeness (QED) is 0.504. The molecule has 4 nitrogen and oxygen atoms in total. The largest absolute Gasteiger partial charge is 0.462 e. The maximum atomic E-state index is 12.5. The van der Waals surface area contributed by atoms with E-state index in [0.29, 0.717) is 6.42 Å². The van der Waals surface area contributed by atoms with E-state index >= 15 is 0 Å². The van der Waals surface area contributed by atoms with Gasteiger partial charge in [0.1, 0.15) is 0 Å². The average molecular weight is 286 g/mol. The number of carbonyl (C=O) groups is 2. The minimum atomic E-state index is -1.19. The van der Waals surface area contributed by atoms with Gasteiger partial charge in [-0.1, -0.05) is 33.6 Å². The van der Waals surface area contributed by atoms with Crippen LogP contribution >= 0.6 is 0 Å². The molecule has 0 unspecified atom stereocenters. The van der Waals surface area contributed by atoms with Gasteiger partial charge in [0.25, 0.3) is 0 Å². The minimum Gasteiger partial charge on any atom is -0.462 e. The van der Waals surface area contributed by atoms with Gasteiger partial charge in [-0.3, -0.25) is 9.59 Å². The second-order valence-electron chi connectivity index (χ2n) is 6.14. The molecule has 0 saturated carbocycles. The summed E-state index contributed by atoms with van der Waals surface area (Å²) in [4.78, 5) is 25.0. The first kappa shape index (κ1) is 18.9. The Balaban J connectivity index is 5.45. The van der Waals surface area contributed by atoms with Crippen molar-refractivity contribution in [1.29, 1.82) is 0 Å². The molecule has 0 aromatic heterocycles. The van der Waals surface area contributed by atoms with Crippen LogP contribution in [0.1, 0.15) is 67.7 Å². The molecule has 0 fully saturated rings. The van der Waals surface area contributed by atoms with Crippen LogP contribution in [0.5, 0.6) is 0 Å². The lowest BCUT2D eigenvalue weighted by Gasteiger charge is -2.34. The zero-order chi connectivity index (χ0) is 15.9. The molecule has 0 heterocycles. The summed E-state index contributed by atoms with van der Waals surface area (Å²) in [6.45, 7) is 12.9. The lowest BCUT2D eigenvalue weighted by Crippen LogP contribution is -2.47. The zero-order valence-electron chi connectivity index (χ0n) is 14.0. The van der Waals surface area contributed by atoms with Crippen LogP contribution in [0.15, 0.2) is 0 Å². The molecule has 0 aromatic carbocycles. The predicted octanol–water partition coefficient (Wildman–Crippen LogP) is 3.72. The topological polar surface area (TPSA) is 52.6 Å². The van der Waals surface area contributed by atoms with Gasteiger partial charge in [-0.15, -0.1) is 0 Å². The highest BCUT2D eigenvalue weighted by atomic mass is 16.6. The van der Waals surface area contributed by atoms with E-state index in [9.17, 15) is 9.59 Å². The molecule has 0 atom stereocenters. The molecule has 20 heavy (non-hydrogen) atoms. The van der Waals surface area contributed by atoms with Crippen molar-refractivity contribution in [1.82, 2.24) is 0 Å². The van der Waals surface area contributed by atoms with Gasteiger partial charge < -0.3 is 9.47 Å². The number of hydrogen-bond acceptors (Lipinski definition) is 4. The van der Waals surface area contributed by atoms with Crippen LogP contribution in [0.4, 0.5) is 0 Å². The van der Waals surface area contributed by atoms with E-state index in [1.165, 1.54) is 0 Å². The maximum Gasteiger partial charge on any atom is 0.324 e. The molecule has 0 radical (unpaired) electrons. The van der Waals surface area contributed by atoms with Gasteiger partial charge in [-0.2, -0.15) is 0 Å². The molecule has 0 aromatic rings. The predicted molar refractivity (Wildman–Crippen MR) is 79.3 cm³/mol. The Morgan fingerprint density at radius 1 is 0.900 bits per heavy atom. The van der Waals surface area contributed by atoms with E-state index in [4.69, 9.17) is 9.47 Å². The van der Waals surface area contributed by atoms with Gasteiger partial charge in [0.05, 0.1) is 12.2 Å². The standard InChI is InChI=1S/C16H30O4/c1-8-9-10-16(11(2)3,14(17)19-12(4)5)15(18)20-13(6)7/h11-13H,8-10H2,1-7H3. The number of carbonyl (C=O) groups excluding carboxylic acids is 2. The minimum absolute atomic E-state index is 0.161. The van der Waals surface area contributed by atoms with Crippen molar-refractivity contribution in [2.45, 2.75) is 79.9 Å². The van der Waals surface area contributed by atoms with E-state index in [1.807, 2.05) is 20.8 Å². The summed E-state index contributed by atoms with van der Waals surface area (Å²) in [5, 5.41) is 0. The molecule has 0 saturated heterocycles. The van der Waals surface area contributed by atoms with Gasteiger partial charge in [-0.25, -0.2) is 0 Å². The fourth-order valence-electron chi connectivity index (χ4n) is 2.14. The van der Waals surface area contributed by atoms with Crippen molar-refractivity contribution in [3.63, 3.8) is 0 Å². The summed E-state index contributed by atoms with van der Waals surface area (Å²) in [5.74, 6) is -1.07. The summed E-state index contributed by atoms with van der Waals surface area (Å²) < 4.78 is 10.7. The maximum absolute atomic E-state index is 12.5. The summed E-state index contributed by atoms with van der Waals surface area (Å²) in [5.41, 5.74) is -1.19. The summed E-state index contributed by atoms with van der Waals surface area (Å²) in [6.07, 6.45) is 1.69. The Morgan fingerprint density at radius 3 is 1.55 bits per heavy atom. The van der Waals surface area contributed by atoms with Crippen LogP contribution < -0.4 is 0 Å². The number of unbranched alkanes of at least 4 members (excludes halogenated alkanes) is 1. The third-order valence-corrected chi connectivity index (χ3v) is 3.32. The molecule has 0 bridgehead atoms. The average Bonchev–Trinajstić information content (AvgIpc) is 2.27. The van der Waals surface area contributed by atoms with E-state index in [1.54, 1.807) is 27.7 Å². The number of hydrogen-bond donors (Lipinski definition) is 0. The lowest BCUT2D eigenvalue weighted by atomic mass is 9.73. The summed E-state index contributed by atoms with van der Waals surface area (Å²) >= 11 is 0. The van der Waals surface area contributed by atoms with Gasteiger partial charge in [0, 0.05) is 0 Å². The monoisotopic (exact) mass is 286 g/mol. The van der Waals surface area contributed by atoms with Crippen LogP contribution in [0, 0.1) is 11.3 Å². The molecule has 0 rings (SSSR count). The van der Waals surface area contributed by atoms with Crippen LogP contribution in [0.25, 0.3) is 0 Å². The zero-order valence-corrected chi connectivity index (χ0v) is 14.0. The first-order valence-corrected chi connectivity index (χ1v) is 7.60. The van der Waals surface area contributed by atoms with Crippen molar-refractivity contribution in [2.24, 2.45) is 11.3 Å². The summed E-state index contributed by atoms with van der Waals surface area (Å²) in [7, 11) is 0. The lowest BCUT2D eigenvalue weighted by molar-refractivity contribution is -0.181. The SMILES string of the molecule is CCCCC(C(=O)OC(C)C)(C(=O)OC(C)C)C(C)C. The second kappa shape index (κ2) is 8.28. The Labute approximate surface area is 123 Å². The highest BCUT2D eigenvalue weighted by Crippen LogP contribution is 2.37. The molecular weight excluding hydrogens is 256 g/mol. The van der Waals surface area contributed by atoms with E-state index < -0.39 is 17.4 Å². The highest BCUT2D eigenvalue weighted by Gasteiger charge is 2.51. The van der Waals surface area contributed by atoms with E-state index in [0.717, 1.165) is 12.8 Å². The van der Waals surface area contributed by atoms with E-state index in [2.05, 4.69) is 0 Å². The third-order valence-electron chi connectivity index (χ3n) is 3.32. The molecule has 0 amide bonds. The van der Waals surface area contributed by atoms with Crippen molar-refractivity contribution < 1.29 is 19.1 Å². The third kappa shape index (κ3) is 4.80. The molecule has 4 heteroatoms. The smallest absolute Gasteiger partial charge is 0.324 e. The first-order chi connectivity index (χ1) is 9.18. The van der Waals surface area contributed by atoms with Crippen molar-refractivity contribution >= 4 is 11.9 Å². The van der Waals surface area contributed by atoms with Gasteiger partial charge >= 0.3 is 11.9 Å². The molecule has 0 aliphatic rings. The van der Waals surface area contributed by atoms with Crippen molar-refractivity contribution in [3.8, 4) is 0 Å². The second-order valence-corrected chi connectivity index (χ2v) is 6.14. The molecule has 118 valence electrons. The number of esters is 2. The molecule has 0 aliphatic carbocycles. The Hall–Kier alpha value is -1.06. The fourth-order valence-corrected chi connectivity index (χ4v) is 2.14. The van der Waals surface area contributed by atoms with Gasteiger partial charge in [0.2, 0.25) is 0 Å². The molecule has 0 N–H and O–H groups in total. The van der Waals surface area contributed by atoms with Crippen LogP contribution in [-0.4, -0.2) is 24.1 Å². The van der Waals surface area contributed by atoms with Crippen molar-refractivity contribution in [3.05, 3.63) is 0 Å². The fraction of sp³-hybridized carbons (Fsp3) is 0.875. The Morgan fingerprint density at radius 2 is 1.30 bits per heavy atom. The molecule has 0 aliphatic heterocycles. The van der Waals surface area contributed by atoms with Gasteiger partial charge in [0.15, 0.2) is 5.41 Å². The Kier molecular flexibility index (Phi) is 7.84. The normalized spacial score (nSPS) is 12.1.